The topological polar surface area (TPSA) is 226 Å². The van der Waals surface area contributed by atoms with E-state index in [1.54, 1.807) is 19.6 Å². The van der Waals surface area contributed by atoms with Crippen molar-refractivity contribution in [2.45, 2.75) is 24.2 Å². The van der Waals surface area contributed by atoms with Crippen molar-refractivity contribution in [2.24, 2.45) is 0 Å². The van der Waals surface area contributed by atoms with Gasteiger partial charge in [-0.15, -0.1) is 0 Å². The molecule has 8 aromatic carbocycles. The van der Waals surface area contributed by atoms with E-state index >= 15 is 0 Å². The molecule has 4 fully saturated rings. The molecule has 92 heavy (non-hydrogen) atoms. The summed E-state index contributed by atoms with van der Waals surface area (Å²) in [6, 6.07) is 89.1. The first-order valence-electron chi connectivity index (χ1n) is 31.9. The molecule has 0 saturated carbocycles. The Bertz CT molecular complexity index is 2760. The van der Waals surface area contributed by atoms with Crippen LogP contribution in [-0.4, -0.2) is 129 Å². The zero-order valence-corrected chi connectivity index (χ0v) is 52.3. The van der Waals surface area contributed by atoms with Crippen molar-refractivity contribution < 1.29 is 59.2 Å². The van der Waals surface area contributed by atoms with Crippen molar-refractivity contribution >= 4 is 23.9 Å². The highest BCUT2D eigenvalue weighted by molar-refractivity contribution is 5.88. The van der Waals surface area contributed by atoms with Crippen molar-refractivity contribution in [3.05, 3.63) is 311 Å². The van der Waals surface area contributed by atoms with Gasteiger partial charge in [-0.2, -0.15) is 0 Å². The predicted octanol–water partition coefficient (Wildman–Crippen LogP) is -0.859. The molecule has 4 saturated heterocycles. The van der Waals surface area contributed by atoms with Crippen LogP contribution >= 0.6 is 0 Å². The molecule has 0 atom stereocenters. The molecule has 16 heteroatoms. The van der Waals surface area contributed by atoms with Gasteiger partial charge in [0.25, 0.3) is 0 Å². The lowest BCUT2D eigenvalue weighted by Crippen LogP contribution is -3.15. The first kappa shape index (κ1) is 70.3. The second kappa shape index (κ2) is 40.5. The normalized spacial score (nSPS) is 15.4. The Morgan fingerprint density at radius 1 is 0.239 bits per heavy atom. The molecule has 16 nitrogen and oxygen atoms in total. The lowest BCUT2D eigenvalue weighted by molar-refractivity contribution is -0.927. The summed E-state index contributed by atoms with van der Waals surface area (Å²) >= 11 is 0. The van der Waals surface area contributed by atoms with Crippen LogP contribution in [0.4, 0.5) is 0 Å². The molecule has 4 heterocycles. The van der Waals surface area contributed by atoms with Crippen LogP contribution in [0.25, 0.3) is 0 Å². The molecule has 0 aliphatic carbocycles. The number of carboxylic acids is 4. The van der Waals surface area contributed by atoms with Gasteiger partial charge < -0.3 is 80.5 Å². The summed E-state index contributed by atoms with van der Waals surface area (Å²) < 4.78 is 0. The monoisotopic (exact) mass is 1240 g/mol. The van der Waals surface area contributed by atoms with Crippen LogP contribution < -0.4 is 61.3 Å². The van der Waals surface area contributed by atoms with Gasteiger partial charge in [-0.1, -0.05) is 243 Å². The van der Waals surface area contributed by atoms with Crippen molar-refractivity contribution in [3.8, 4) is 0 Å². The van der Waals surface area contributed by atoms with Gasteiger partial charge >= 0.3 is 0 Å². The van der Waals surface area contributed by atoms with Gasteiger partial charge in [0.15, 0.2) is 0 Å². The largest absolute Gasteiger partial charge is 0.545 e. The second-order valence-electron chi connectivity index (χ2n) is 22.6. The van der Waals surface area contributed by atoms with Crippen LogP contribution in [0.3, 0.4) is 0 Å². The molecule has 0 amide bonds. The van der Waals surface area contributed by atoms with Gasteiger partial charge in [0.1, 0.15) is 24.2 Å². The summed E-state index contributed by atoms with van der Waals surface area (Å²) in [6.45, 7) is 18.4. The number of quaternary nitrogens is 4. The van der Waals surface area contributed by atoms with E-state index < -0.39 is 23.9 Å². The molecule has 0 spiro atoms. The molecule has 4 aliphatic heterocycles. The number of piperazine rings is 4. The van der Waals surface area contributed by atoms with Gasteiger partial charge in [0.2, 0.25) is 0 Å². The summed E-state index contributed by atoms with van der Waals surface area (Å²) in [6.07, 6.45) is 1.54. The van der Waals surface area contributed by atoms with Crippen LogP contribution in [0.5, 0.6) is 0 Å². The summed E-state index contributed by atoms with van der Waals surface area (Å²) in [5.74, 6) is -6.19. The van der Waals surface area contributed by atoms with Crippen LogP contribution in [0.15, 0.2) is 267 Å². The number of rotatable bonds is 16. The van der Waals surface area contributed by atoms with E-state index in [-0.39, 0.29) is 0 Å². The molecule has 0 aromatic heterocycles. The Kier molecular flexibility index (Phi) is 30.9. The Balaban J connectivity index is 0.000000161. The lowest BCUT2D eigenvalue weighted by atomic mass is 9.96. The van der Waals surface area contributed by atoms with E-state index in [2.05, 4.69) is 264 Å². The fraction of sp³-hybridized carbons (Fsp3) is 0.263. The smallest absolute Gasteiger partial charge is 0.139 e. The number of hydrogen-bond acceptors (Lipinski definition) is 12. The number of carbonyl (C=O) groups excluding carboxylic acids is 4. The third-order valence-corrected chi connectivity index (χ3v) is 16.4. The van der Waals surface area contributed by atoms with Crippen LogP contribution in [0, 0.1) is 0 Å². The van der Waals surface area contributed by atoms with Crippen molar-refractivity contribution in [2.75, 3.05) is 105 Å². The standard InChI is InChI=1S/4C17H20N2.2C4H4O4/c4*1-3-7-15(8-4-1)17(16-9-5-2-6-10-16)19-13-11-18-12-14-19;2*5-3(6)1-2-4(7)8/h4*1-10,17-18H,11-14H2;2*1-2H,(H,5,6)(H,7,8)/b;;;;2*2-1-. The average Bonchev–Trinajstić information content (AvgIpc) is 0.962. The van der Waals surface area contributed by atoms with Crippen LogP contribution in [0.1, 0.15) is 68.7 Å². The fourth-order valence-corrected chi connectivity index (χ4v) is 12.2. The third-order valence-electron chi connectivity index (χ3n) is 16.4. The van der Waals surface area contributed by atoms with Gasteiger partial charge in [0.05, 0.1) is 76.2 Å². The Morgan fingerprint density at radius 2 is 0.359 bits per heavy atom. The molecular weight excluding hydrogens is 1150 g/mol. The van der Waals surface area contributed by atoms with E-state index in [0.717, 1.165) is 52.4 Å². The number of aliphatic carboxylic acids is 4. The first-order chi connectivity index (χ1) is 45.0. The highest BCUT2D eigenvalue weighted by Crippen LogP contribution is 2.22. The minimum absolute atomic E-state index is 0.384. The Morgan fingerprint density at radius 3 is 0.467 bits per heavy atom. The summed E-state index contributed by atoms with van der Waals surface area (Å²) in [5, 5.41) is 51.5. The van der Waals surface area contributed by atoms with E-state index in [0.29, 0.717) is 48.5 Å². The minimum atomic E-state index is -1.55. The van der Waals surface area contributed by atoms with E-state index in [1.807, 2.05) is 0 Å². The SMILES string of the molecule is O=C([O-])/C=C\C(=O)[O-].O=C([O-])/C=C\C(=O)[O-].c1ccc(C(c2ccccc2)[NH+]2CCNCC2)cc1.c1ccc(C(c2ccccc2)[NH+]2CCNCC2)cc1.c1ccc(C(c2ccccc2)[NH+]2CCNCC2)cc1.c1ccc(C(c2ccccc2)[NH+]2CCNCC2)cc1. The highest BCUT2D eigenvalue weighted by atomic mass is 16.4. The zero-order chi connectivity index (χ0) is 64.8. The van der Waals surface area contributed by atoms with E-state index in [4.69, 9.17) is 0 Å². The third kappa shape index (κ3) is 24.5. The van der Waals surface area contributed by atoms with E-state index in [1.165, 1.54) is 96.9 Å². The molecule has 12 rings (SSSR count). The first-order valence-corrected chi connectivity index (χ1v) is 31.9. The van der Waals surface area contributed by atoms with Crippen molar-refractivity contribution in [3.63, 3.8) is 0 Å². The quantitative estimate of drug-likeness (QED) is 0.0554. The van der Waals surface area contributed by atoms with Crippen LogP contribution in [0.2, 0.25) is 0 Å². The van der Waals surface area contributed by atoms with Gasteiger partial charge in [-0.05, 0) is 24.3 Å². The van der Waals surface area contributed by atoms with Gasteiger partial charge in [-0.3, -0.25) is 0 Å². The summed E-state index contributed by atoms with van der Waals surface area (Å²) in [5.41, 5.74) is 11.4. The van der Waals surface area contributed by atoms with Gasteiger partial charge in [0, 0.05) is 96.9 Å². The Hall–Kier alpha value is -9.20. The molecular formula is C76H88N8O8. The number of carbonyl (C=O) groups is 4. The number of benzene rings is 8. The minimum Gasteiger partial charge on any atom is -0.545 e. The maximum Gasteiger partial charge on any atom is 0.139 e. The van der Waals surface area contributed by atoms with E-state index in [9.17, 15) is 39.6 Å². The molecule has 8 N–H and O–H groups in total. The summed E-state index contributed by atoms with van der Waals surface area (Å²) in [4.78, 5) is 44.3. The molecule has 4 aliphatic rings. The average molecular weight is 1240 g/mol. The van der Waals surface area contributed by atoms with Crippen LogP contribution in [-0.2, 0) is 19.2 Å². The molecule has 0 bridgehead atoms. The predicted molar refractivity (Wildman–Crippen MR) is 351 cm³/mol. The number of hydrogen-bond donors (Lipinski definition) is 8. The Labute approximate surface area is 542 Å². The van der Waals surface area contributed by atoms with Gasteiger partial charge in [-0.25, -0.2) is 0 Å². The zero-order valence-electron chi connectivity index (χ0n) is 52.3. The summed E-state index contributed by atoms with van der Waals surface area (Å²) in [7, 11) is 0. The number of nitrogens with one attached hydrogen (secondary N) is 8. The maximum absolute atomic E-state index is 9.41. The van der Waals surface area contributed by atoms with Crippen molar-refractivity contribution in [1.29, 1.82) is 0 Å². The molecule has 480 valence electrons. The molecule has 8 aromatic rings. The number of carboxylic acid groups (broad SMARTS) is 4. The van der Waals surface area contributed by atoms with Crippen molar-refractivity contribution in [1.82, 2.24) is 21.3 Å². The lowest BCUT2D eigenvalue weighted by Gasteiger charge is -2.32. The molecule has 0 radical (unpaired) electrons. The maximum atomic E-state index is 9.41. The molecule has 0 unspecified atom stereocenters. The fourth-order valence-electron chi connectivity index (χ4n) is 12.2. The second-order valence-corrected chi connectivity index (χ2v) is 22.6. The highest BCUT2D eigenvalue weighted by Gasteiger charge is 2.31.